The highest BCUT2D eigenvalue weighted by molar-refractivity contribution is 4.68. The number of rotatable bonds is 0. The van der Waals surface area contributed by atoms with Crippen LogP contribution in [0.3, 0.4) is 0 Å². The van der Waals surface area contributed by atoms with Gasteiger partial charge in [-0.05, 0) is 25.3 Å². The van der Waals surface area contributed by atoms with Crippen molar-refractivity contribution >= 4 is 0 Å². The molecule has 2 heteroatoms. The minimum absolute atomic E-state index is 0.247. The zero-order chi connectivity index (χ0) is 7.98. The fraction of sp³-hybridized carbons (Fsp3) is 1.00. The minimum atomic E-state index is -0.247. The van der Waals surface area contributed by atoms with Gasteiger partial charge in [0.15, 0.2) is 0 Å². The van der Waals surface area contributed by atoms with Crippen LogP contribution in [0.1, 0.15) is 33.6 Å². The summed E-state index contributed by atoms with van der Waals surface area (Å²) in [5.74, 6) is 0.448. The van der Waals surface area contributed by atoms with Crippen LogP contribution in [0.4, 0.5) is 0 Å². The standard InChI is InChI=1S/C6H13NO.C2H6/c1-5-3-2-4-7-6(5)8;1-2/h5-8H,2-4H2,1H3;1-2H3. The van der Waals surface area contributed by atoms with E-state index in [-0.39, 0.29) is 6.23 Å². The highest BCUT2D eigenvalue weighted by atomic mass is 16.3. The van der Waals surface area contributed by atoms with Crippen LogP contribution in [0.2, 0.25) is 0 Å². The summed E-state index contributed by atoms with van der Waals surface area (Å²) >= 11 is 0. The largest absolute Gasteiger partial charge is 0.378 e. The van der Waals surface area contributed by atoms with E-state index in [1.807, 2.05) is 13.8 Å². The van der Waals surface area contributed by atoms with Gasteiger partial charge in [0.05, 0.1) is 0 Å². The van der Waals surface area contributed by atoms with Crippen LogP contribution in [0, 0.1) is 5.92 Å². The molecule has 1 aliphatic rings. The molecule has 0 saturated carbocycles. The van der Waals surface area contributed by atoms with Crippen molar-refractivity contribution < 1.29 is 5.11 Å². The molecule has 0 bridgehead atoms. The van der Waals surface area contributed by atoms with Crippen molar-refractivity contribution in [1.82, 2.24) is 5.32 Å². The average molecular weight is 145 g/mol. The van der Waals surface area contributed by atoms with Crippen molar-refractivity contribution in [2.24, 2.45) is 5.92 Å². The number of nitrogens with one attached hydrogen (secondary N) is 1. The molecule has 0 aliphatic carbocycles. The zero-order valence-electron chi connectivity index (χ0n) is 7.22. The molecule has 1 rings (SSSR count). The van der Waals surface area contributed by atoms with E-state index in [2.05, 4.69) is 12.2 Å². The third-order valence-electron chi connectivity index (χ3n) is 1.73. The predicted octanol–water partition coefficient (Wildman–Crippen LogP) is 1.35. The van der Waals surface area contributed by atoms with Gasteiger partial charge in [0, 0.05) is 0 Å². The molecule has 2 N–H and O–H groups in total. The molecule has 2 nitrogen and oxygen atoms in total. The first-order valence-electron chi connectivity index (χ1n) is 4.22. The molecule has 0 radical (unpaired) electrons. The van der Waals surface area contributed by atoms with Crippen LogP contribution >= 0.6 is 0 Å². The Morgan fingerprint density at radius 3 is 2.30 bits per heavy atom. The smallest absolute Gasteiger partial charge is 0.107 e. The summed E-state index contributed by atoms with van der Waals surface area (Å²) in [6.07, 6.45) is 2.12. The van der Waals surface area contributed by atoms with Gasteiger partial charge in [-0.1, -0.05) is 20.8 Å². The predicted molar refractivity (Wildman–Crippen MR) is 43.8 cm³/mol. The third-order valence-corrected chi connectivity index (χ3v) is 1.73. The van der Waals surface area contributed by atoms with Crippen LogP contribution < -0.4 is 5.32 Å². The Bertz CT molecular complexity index is 65.7. The van der Waals surface area contributed by atoms with Crippen molar-refractivity contribution in [3.8, 4) is 0 Å². The lowest BCUT2D eigenvalue weighted by Crippen LogP contribution is -2.39. The highest BCUT2D eigenvalue weighted by Gasteiger charge is 2.16. The molecular weight excluding hydrogens is 126 g/mol. The third kappa shape index (κ3) is 3.18. The maximum atomic E-state index is 9.07. The minimum Gasteiger partial charge on any atom is -0.378 e. The fourth-order valence-corrected chi connectivity index (χ4v) is 1.03. The number of aliphatic hydroxyl groups is 1. The van der Waals surface area contributed by atoms with Crippen molar-refractivity contribution in [3.63, 3.8) is 0 Å². The Morgan fingerprint density at radius 1 is 1.40 bits per heavy atom. The van der Waals surface area contributed by atoms with Gasteiger partial charge >= 0.3 is 0 Å². The van der Waals surface area contributed by atoms with E-state index < -0.39 is 0 Å². The van der Waals surface area contributed by atoms with E-state index in [0.717, 1.165) is 13.0 Å². The van der Waals surface area contributed by atoms with E-state index >= 15 is 0 Å². The molecule has 1 saturated heterocycles. The van der Waals surface area contributed by atoms with Gasteiger partial charge in [0.25, 0.3) is 0 Å². The summed E-state index contributed by atoms with van der Waals surface area (Å²) in [6.45, 7) is 7.04. The van der Waals surface area contributed by atoms with E-state index in [1.165, 1.54) is 6.42 Å². The summed E-state index contributed by atoms with van der Waals surface area (Å²) in [6, 6.07) is 0. The van der Waals surface area contributed by atoms with Crippen molar-refractivity contribution in [2.45, 2.75) is 39.8 Å². The summed E-state index contributed by atoms with van der Waals surface area (Å²) in [5.41, 5.74) is 0. The maximum Gasteiger partial charge on any atom is 0.107 e. The lowest BCUT2D eigenvalue weighted by Gasteiger charge is -2.24. The molecule has 10 heavy (non-hydrogen) atoms. The number of hydrogen-bond acceptors (Lipinski definition) is 2. The zero-order valence-corrected chi connectivity index (χ0v) is 7.22. The molecule has 2 unspecified atom stereocenters. The first kappa shape index (κ1) is 9.92. The molecule has 2 atom stereocenters. The second-order valence-corrected chi connectivity index (χ2v) is 2.52. The molecule has 0 aromatic heterocycles. The first-order chi connectivity index (χ1) is 4.80. The topological polar surface area (TPSA) is 32.3 Å². The lowest BCUT2D eigenvalue weighted by atomic mass is 10.0. The van der Waals surface area contributed by atoms with Crippen LogP contribution in [0.25, 0.3) is 0 Å². The molecule has 0 aromatic rings. The van der Waals surface area contributed by atoms with Crippen LogP contribution in [0.5, 0.6) is 0 Å². The van der Waals surface area contributed by atoms with E-state index in [0.29, 0.717) is 5.92 Å². The van der Waals surface area contributed by atoms with E-state index in [4.69, 9.17) is 5.11 Å². The van der Waals surface area contributed by atoms with Gasteiger partial charge in [-0.3, -0.25) is 5.32 Å². The monoisotopic (exact) mass is 145 g/mol. The lowest BCUT2D eigenvalue weighted by molar-refractivity contribution is 0.0586. The fourth-order valence-electron chi connectivity index (χ4n) is 1.03. The summed E-state index contributed by atoms with van der Waals surface area (Å²) in [4.78, 5) is 0. The molecule has 62 valence electrons. The summed E-state index contributed by atoms with van der Waals surface area (Å²) in [5, 5.41) is 12.1. The summed E-state index contributed by atoms with van der Waals surface area (Å²) in [7, 11) is 0. The van der Waals surface area contributed by atoms with E-state index in [1.54, 1.807) is 0 Å². The van der Waals surface area contributed by atoms with Gasteiger partial charge in [0.1, 0.15) is 6.23 Å². The van der Waals surface area contributed by atoms with Crippen LogP contribution in [-0.2, 0) is 0 Å². The highest BCUT2D eigenvalue weighted by Crippen LogP contribution is 2.12. The Labute approximate surface area is 63.6 Å². The van der Waals surface area contributed by atoms with Crippen LogP contribution in [-0.4, -0.2) is 17.9 Å². The normalized spacial score (nSPS) is 32.4. The Morgan fingerprint density at radius 2 is 2.00 bits per heavy atom. The number of hydrogen-bond donors (Lipinski definition) is 2. The second kappa shape index (κ2) is 5.69. The van der Waals surface area contributed by atoms with E-state index in [9.17, 15) is 0 Å². The summed E-state index contributed by atoms with van der Waals surface area (Å²) < 4.78 is 0. The van der Waals surface area contributed by atoms with Crippen LogP contribution in [0.15, 0.2) is 0 Å². The number of aliphatic hydroxyl groups excluding tert-OH is 1. The van der Waals surface area contributed by atoms with Crippen molar-refractivity contribution in [2.75, 3.05) is 6.54 Å². The molecule has 1 fully saturated rings. The molecule has 0 amide bonds. The molecule has 1 heterocycles. The molecule has 1 aliphatic heterocycles. The Balaban J connectivity index is 0.000000371. The van der Waals surface area contributed by atoms with Crippen molar-refractivity contribution in [1.29, 1.82) is 0 Å². The maximum absolute atomic E-state index is 9.07. The SMILES string of the molecule is CC.CC1CCCNC1O. The molecular formula is C8H19NO. The second-order valence-electron chi connectivity index (χ2n) is 2.52. The average Bonchev–Trinajstić information content (AvgIpc) is 2.00. The molecule has 0 aromatic carbocycles. The van der Waals surface area contributed by atoms with Gasteiger partial charge in [0.2, 0.25) is 0 Å². The number of piperidine rings is 1. The van der Waals surface area contributed by atoms with Gasteiger partial charge in [-0.2, -0.15) is 0 Å². The van der Waals surface area contributed by atoms with Gasteiger partial charge in [-0.25, -0.2) is 0 Å². The van der Waals surface area contributed by atoms with Crippen molar-refractivity contribution in [3.05, 3.63) is 0 Å². The quantitative estimate of drug-likeness (QED) is 0.539. The van der Waals surface area contributed by atoms with Gasteiger partial charge in [-0.15, -0.1) is 0 Å². The Kier molecular flexibility index (Phi) is 5.64. The first-order valence-corrected chi connectivity index (χ1v) is 4.22. The molecule has 0 spiro atoms. The Hall–Kier alpha value is -0.0800. The van der Waals surface area contributed by atoms with Gasteiger partial charge < -0.3 is 5.11 Å².